The van der Waals surface area contributed by atoms with Crippen LogP contribution in [0.15, 0.2) is 30.7 Å². The van der Waals surface area contributed by atoms with Gasteiger partial charge in [-0.15, -0.1) is 0 Å². The molecule has 1 N–H and O–H groups in total. The van der Waals surface area contributed by atoms with Crippen LogP contribution in [-0.2, 0) is 13.6 Å². The summed E-state index contributed by atoms with van der Waals surface area (Å²) in [5.41, 5.74) is 3.46. The third kappa shape index (κ3) is 3.50. The fraction of sp³-hybridized carbons (Fsp3) is 0.400. The van der Waals surface area contributed by atoms with Gasteiger partial charge in [0.25, 0.3) is 0 Å². The van der Waals surface area contributed by atoms with Crippen LogP contribution in [0.25, 0.3) is 0 Å². The lowest BCUT2D eigenvalue weighted by Crippen LogP contribution is -2.07. The quantitative estimate of drug-likeness (QED) is 0.896. The molecule has 4 heteroatoms. The number of ether oxygens (including phenoxy) is 1. The Bertz CT molecular complexity index is 546. The SMILES string of the molecule is Cc1cc(OC(C)C)ccc1NCc1cncn1C. The van der Waals surface area contributed by atoms with Crippen LogP contribution in [0.4, 0.5) is 5.69 Å². The van der Waals surface area contributed by atoms with E-state index in [0.717, 1.165) is 23.7 Å². The summed E-state index contributed by atoms with van der Waals surface area (Å²) in [4.78, 5) is 4.11. The molecule has 0 bridgehead atoms. The van der Waals surface area contributed by atoms with Crippen molar-refractivity contribution < 1.29 is 4.74 Å². The topological polar surface area (TPSA) is 39.1 Å². The predicted molar refractivity (Wildman–Crippen MR) is 77.5 cm³/mol. The number of aromatic nitrogens is 2. The molecule has 1 aromatic heterocycles. The largest absolute Gasteiger partial charge is 0.491 e. The summed E-state index contributed by atoms with van der Waals surface area (Å²) < 4.78 is 7.69. The Labute approximate surface area is 114 Å². The van der Waals surface area contributed by atoms with Gasteiger partial charge >= 0.3 is 0 Å². The Morgan fingerprint density at radius 1 is 1.37 bits per heavy atom. The van der Waals surface area contributed by atoms with Crippen molar-refractivity contribution in [1.29, 1.82) is 0 Å². The Hall–Kier alpha value is -1.97. The molecule has 0 atom stereocenters. The summed E-state index contributed by atoms with van der Waals surface area (Å²) in [7, 11) is 2.00. The van der Waals surface area contributed by atoms with Gasteiger partial charge in [0, 0.05) is 18.9 Å². The summed E-state index contributed by atoms with van der Waals surface area (Å²) in [6.45, 7) is 6.91. The lowest BCUT2D eigenvalue weighted by molar-refractivity contribution is 0.242. The molecule has 0 spiro atoms. The van der Waals surface area contributed by atoms with Gasteiger partial charge in [0.05, 0.1) is 24.7 Å². The van der Waals surface area contributed by atoms with Crippen molar-refractivity contribution in [3.05, 3.63) is 42.0 Å². The van der Waals surface area contributed by atoms with Crippen LogP contribution < -0.4 is 10.1 Å². The maximum atomic E-state index is 5.68. The lowest BCUT2D eigenvalue weighted by atomic mass is 10.2. The van der Waals surface area contributed by atoms with E-state index in [9.17, 15) is 0 Å². The van der Waals surface area contributed by atoms with Gasteiger partial charge < -0.3 is 14.6 Å². The van der Waals surface area contributed by atoms with Gasteiger partial charge in [-0.25, -0.2) is 4.98 Å². The molecule has 2 rings (SSSR count). The van der Waals surface area contributed by atoms with Crippen molar-refractivity contribution in [2.45, 2.75) is 33.4 Å². The molecular weight excluding hydrogens is 238 g/mol. The van der Waals surface area contributed by atoms with E-state index in [2.05, 4.69) is 29.4 Å². The molecule has 0 fully saturated rings. The normalized spacial score (nSPS) is 10.8. The van der Waals surface area contributed by atoms with Crippen LogP contribution in [0.2, 0.25) is 0 Å². The molecule has 1 heterocycles. The van der Waals surface area contributed by atoms with Crippen molar-refractivity contribution in [2.24, 2.45) is 7.05 Å². The van der Waals surface area contributed by atoms with Gasteiger partial charge in [0.2, 0.25) is 0 Å². The molecule has 0 aliphatic rings. The number of nitrogens with one attached hydrogen (secondary N) is 1. The molecule has 1 aromatic carbocycles. The van der Waals surface area contributed by atoms with Crippen LogP contribution in [-0.4, -0.2) is 15.7 Å². The molecule has 0 aliphatic carbocycles. The third-order valence-corrected chi connectivity index (χ3v) is 2.95. The van der Waals surface area contributed by atoms with Gasteiger partial charge in [-0.1, -0.05) is 0 Å². The van der Waals surface area contributed by atoms with E-state index in [1.807, 2.05) is 44.1 Å². The Morgan fingerprint density at radius 3 is 2.74 bits per heavy atom. The van der Waals surface area contributed by atoms with E-state index in [0.29, 0.717) is 0 Å². The molecular formula is C15H21N3O. The molecule has 2 aromatic rings. The summed E-state index contributed by atoms with van der Waals surface area (Å²) >= 11 is 0. The number of anilines is 1. The smallest absolute Gasteiger partial charge is 0.120 e. The highest BCUT2D eigenvalue weighted by atomic mass is 16.5. The molecule has 0 saturated carbocycles. The number of nitrogens with zero attached hydrogens (tertiary/aromatic N) is 2. The second kappa shape index (κ2) is 5.78. The fourth-order valence-electron chi connectivity index (χ4n) is 1.92. The predicted octanol–water partition coefficient (Wildman–Crippen LogP) is 3.13. The molecule has 4 nitrogen and oxygen atoms in total. The van der Waals surface area contributed by atoms with Crippen molar-refractivity contribution in [3.8, 4) is 5.75 Å². The second-order valence-corrected chi connectivity index (χ2v) is 4.99. The van der Waals surface area contributed by atoms with Crippen LogP contribution in [0.5, 0.6) is 5.75 Å². The first kappa shape index (κ1) is 13.5. The first-order valence-electron chi connectivity index (χ1n) is 6.52. The Balaban J connectivity index is 2.03. The van der Waals surface area contributed by atoms with Crippen molar-refractivity contribution in [2.75, 3.05) is 5.32 Å². The minimum atomic E-state index is 0.202. The number of benzene rings is 1. The first-order chi connectivity index (χ1) is 9.06. The monoisotopic (exact) mass is 259 g/mol. The summed E-state index contributed by atoms with van der Waals surface area (Å²) in [5, 5.41) is 3.42. The lowest BCUT2D eigenvalue weighted by Gasteiger charge is -2.14. The minimum Gasteiger partial charge on any atom is -0.491 e. The van der Waals surface area contributed by atoms with Crippen molar-refractivity contribution in [1.82, 2.24) is 9.55 Å². The zero-order chi connectivity index (χ0) is 13.8. The summed E-state index contributed by atoms with van der Waals surface area (Å²) in [6, 6.07) is 6.12. The second-order valence-electron chi connectivity index (χ2n) is 4.99. The van der Waals surface area contributed by atoms with Gasteiger partial charge in [-0.05, 0) is 44.5 Å². The fourth-order valence-corrected chi connectivity index (χ4v) is 1.92. The number of imidazole rings is 1. The molecule has 0 unspecified atom stereocenters. The third-order valence-electron chi connectivity index (χ3n) is 2.95. The van der Waals surface area contributed by atoms with Crippen LogP contribution in [0, 0.1) is 6.92 Å². The first-order valence-corrected chi connectivity index (χ1v) is 6.52. The van der Waals surface area contributed by atoms with Crippen LogP contribution in [0.1, 0.15) is 25.1 Å². The van der Waals surface area contributed by atoms with Crippen molar-refractivity contribution in [3.63, 3.8) is 0 Å². The molecule has 19 heavy (non-hydrogen) atoms. The van der Waals surface area contributed by atoms with Gasteiger partial charge in [0.15, 0.2) is 0 Å². The standard InChI is InChI=1S/C15H21N3O/c1-11(2)19-14-5-6-15(12(3)7-14)17-9-13-8-16-10-18(13)4/h5-8,10-11,17H,9H2,1-4H3. The van der Waals surface area contributed by atoms with E-state index in [1.54, 1.807) is 0 Å². The number of hydrogen-bond acceptors (Lipinski definition) is 3. The Morgan fingerprint density at radius 2 is 2.16 bits per heavy atom. The van der Waals surface area contributed by atoms with Gasteiger partial charge in [-0.2, -0.15) is 0 Å². The van der Waals surface area contributed by atoms with E-state index < -0.39 is 0 Å². The van der Waals surface area contributed by atoms with Crippen molar-refractivity contribution >= 4 is 5.69 Å². The number of hydrogen-bond donors (Lipinski definition) is 1. The maximum absolute atomic E-state index is 5.68. The van der Waals surface area contributed by atoms with E-state index in [-0.39, 0.29) is 6.10 Å². The van der Waals surface area contributed by atoms with E-state index in [1.165, 1.54) is 5.56 Å². The number of rotatable bonds is 5. The molecule has 0 amide bonds. The Kier molecular flexibility index (Phi) is 4.10. The zero-order valence-corrected chi connectivity index (χ0v) is 12.0. The highest BCUT2D eigenvalue weighted by molar-refractivity contribution is 5.53. The summed E-state index contributed by atoms with van der Waals surface area (Å²) in [5.74, 6) is 0.915. The average molecular weight is 259 g/mol. The maximum Gasteiger partial charge on any atom is 0.120 e. The number of aryl methyl sites for hydroxylation is 2. The van der Waals surface area contributed by atoms with Crippen LogP contribution >= 0.6 is 0 Å². The van der Waals surface area contributed by atoms with Crippen LogP contribution in [0.3, 0.4) is 0 Å². The molecule has 0 saturated heterocycles. The molecule has 0 radical (unpaired) electrons. The minimum absolute atomic E-state index is 0.202. The van der Waals surface area contributed by atoms with Gasteiger partial charge in [0.1, 0.15) is 5.75 Å². The highest BCUT2D eigenvalue weighted by Gasteiger charge is 2.04. The average Bonchev–Trinajstić information content (AvgIpc) is 2.73. The zero-order valence-electron chi connectivity index (χ0n) is 12.0. The van der Waals surface area contributed by atoms with E-state index in [4.69, 9.17) is 4.74 Å². The molecule has 102 valence electrons. The highest BCUT2D eigenvalue weighted by Crippen LogP contribution is 2.22. The molecule has 0 aliphatic heterocycles. The van der Waals surface area contributed by atoms with Gasteiger partial charge in [-0.3, -0.25) is 0 Å². The van der Waals surface area contributed by atoms with E-state index >= 15 is 0 Å². The summed E-state index contributed by atoms with van der Waals surface area (Å²) in [6.07, 6.45) is 3.88.